The van der Waals surface area contributed by atoms with Crippen molar-refractivity contribution < 1.29 is 27.5 Å². The number of amides is 1. The van der Waals surface area contributed by atoms with Crippen LogP contribution in [0.25, 0.3) is 11.1 Å². The minimum absolute atomic E-state index is 0.0700. The average Bonchev–Trinajstić information content (AvgIpc) is 2.74. The Bertz CT molecular complexity index is 1240. The maximum absolute atomic E-state index is 11.9. The van der Waals surface area contributed by atoms with Crippen LogP contribution in [0.3, 0.4) is 0 Å². The van der Waals surface area contributed by atoms with Gasteiger partial charge < -0.3 is 19.6 Å². The first-order valence-corrected chi connectivity index (χ1v) is 11.3. The second-order valence-corrected chi connectivity index (χ2v) is 9.03. The van der Waals surface area contributed by atoms with Gasteiger partial charge in [0.05, 0.1) is 0 Å². The van der Waals surface area contributed by atoms with Crippen molar-refractivity contribution in [3.8, 4) is 22.6 Å². The largest absolute Gasteiger partial charge is 0.502 e. The molecule has 0 aliphatic carbocycles. The zero-order valence-electron chi connectivity index (χ0n) is 16.9. The van der Waals surface area contributed by atoms with Crippen molar-refractivity contribution in [2.75, 3.05) is 13.3 Å². The van der Waals surface area contributed by atoms with Gasteiger partial charge in [0, 0.05) is 24.9 Å². The second-order valence-electron chi connectivity index (χ2n) is 6.89. The molecule has 9 heteroatoms. The molecule has 8 nitrogen and oxygen atoms in total. The van der Waals surface area contributed by atoms with Crippen molar-refractivity contribution in [1.29, 1.82) is 0 Å². The molecule has 2 N–H and O–H groups in total. The van der Waals surface area contributed by atoms with Crippen molar-refractivity contribution >= 4 is 15.7 Å². The zero-order valence-corrected chi connectivity index (χ0v) is 17.7. The van der Waals surface area contributed by atoms with E-state index in [1.807, 2.05) is 24.3 Å². The summed E-state index contributed by atoms with van der Waals surface area (Å²) in [5.74, 6) is -1.00. The van der Waals surface area contributed by atoms with Gasteiger partial charge in [-0.3, -0.25) is 9.59 Å². The molecule has 0 aliphatic rings. The highest BCUT2D eigenvalue weighted by Gasteiger charge is 2.15. The molecule has 0 saturated heterocycles. The Balaban J connectivity index is 1.72. The van der Waals surface area contributed by atoms with Crippen molar-refractivity contribution in [3.05, 3.63) is 81.9 Å². The Labute approximate surface area is 179 Å². The smallest absolute Gasteiger partial charge is 0.251 e. The van der Waals surface area contributed by atoms with Gasteiger partial charge in [0.15, 0.2) is 15.6 Å². The van der Waals surface area contributed by atoms with Crippen LogP contribution >= 0.6 is 0 Å². The number of benzene rings is 2. The van der Waals surface area contributed by atoms with Crippen LogP contribution in [0.4, 0.5) is 0 Å². The summed E-state index contributed by atoms with van der Waals surface area (Å²) in [6, 6.07) is 15.1. The quantitative estimate of drug-likeness (QED) is 0.575. The Morgan fingerprint density at radius 1 is 1.06 bits per heavy atom. The van der Waals surface area contributed by atoms with Crippen LogP contribution in [-0.4, -0.2) is 32.7 Å². The van der Waals surface area contributed by atoms with Crippen LogP contribution in [0.15, 0.2) is 63.8 Å². The number of ether oxygens (including phenoxy) is 1. The van der Waals surface area contributed by atoms with E-state index in [1.54, 1.807) is 31.3 Å². The number of carbonyl (C=O) groups excluding carboxylic acids is 1. The lowest BCUT2D eigenvalue weighted by Crippen LogP contribution is -2.17. The summed E-state index contributed by atoms with van der Waals surface area (Å²) in [7, 11) is -1.84. The molecular formula is C22H21NO7S. The van der Waals surface area contributed by atoms with Crippen molar-refractivity contribution in [2.45, 2.75) is 12.4 Å². The van der Waals surface area contributed by atoms with Crippen LogP contribution in [0.5, 0.6) is 11.5 Å². The summed E-state index contributed by atoms with van der Waals surface area (Å²) in [5, 5.41) is 12.5. The minimum Gasteiger partial charge on any atom is -0.502 e. The van der Waals surface area contributed by atoms with E-state index in [9.17, 15) is 23.1 Å². The third-order valence-electron chi connectivity index (χ3n) is 4.38. The molecule has 0 saturated carbocycles. The van der Waals surface area contributed by atoms with Crippen molar-refractivity contribution in [2.24, 2.45) is 0 Å². The molecule has 0 spiro atoms. The van der Waals surface area contributed by atoms with E-state index in [0.29, 0.717) is 11.3 Å². The van der Waals surface area contributed by atoms with E-state index >= 15 is 0 Å². The minimum atomic E-state index is -3.41. The van der Waals surface area contributed by atoms with Gasteiger partial charge >= 0.3 is 0 Å². The molecule has 0 aliphatic heterocycles. The number of carbonyl (C=O) groups is 1. The van der Waals surface area contributed by atoms with Gasteiger partial charge in [0.1, 0.15) is 23.9 Å². The first kappa shape index (κ1) is 22.1. The van der Waals surface area contributed by atoms with Crippen LogP contribution < -0.4 is 15.5 Å². The summed E-state index contributed by atoms with van der Waals surface area (Å²) in [6.07, 6.45) is 1.02. The monoisotopic (exact) mass is 443 g/mol. The molecule has 0 radical (unpaired) electrons. The third kappa shape index (κ3) is 5.73. The molecule has 0 bridgehead atoms. The van der Waals surface area contributed by atoms with E-state index in [4.69, 9.17) is 9.15 Å². The molecule has 1 aromatic heterocycles. The predicted molar refractivity (Wildman–Crippen MR) is 115 cm³/mol. The fourth-order valence-electron chi connectivity index (χ4n) is 2.87. The fraction of sp³-hybridized carbons (Fsp3) is 0.182. The predicted octanol–water partition coefficient (Wildman–Crippen LogP) is 2.50. The number of sulfone groups is 1. The SMILES string of the molecule is CNC(=O)c1ccc(-c2ccc(OCc3oc(CS(C)(=O)=O)cc(=O)c3O)cc2)cc1. The van der Waals surface area contributed by atoms with Gasteiger partial charge in [-0.05, 0) is 35.4 Å². The third-order valence-corrected chi connectivity index (χ3v) is 5.19. The summed E-state index contributed by atoms with van der Waals surface area (Å²) in [5.41, 5.74) is 1.64. The van der Waals surface area contributed by atoms with Crippen LogP contribution in [0, 0.1) is 0 Å². The van der Waals surface area contributed by atoms with Gasteiger partial charge in [-0.25, -0.2) is 8.42 Å². The van der Waals surface area contributed by atoms with E-state index in [0.717, 1.165) is 23.4 Å². The Kier molecular flexibility index (Phi) is 6.45. The molecule has 162 valence electrons. The number of hydrogen-bond donors (Lipinski definition) is 2. The summed E-state index contributed by atoms with van der Waals surface area (Å²) < 4.78 is 33.8. The maximum Gasteiger partial charge on any atom is 0.251 e. The Morgan fingerprint density at radius 2 is 1.65 bits per heavy atom. The molecule has 3 aromatic rings. The highest BCUT2D eigenvalue weighted by molar-refractivity contribution is 7.89. The van der Waals surface area contributed by atoms with Gasteiger partial charge in [-0.2, -0.15) is 0 Å². The van der Waals surface area contributed by atoms with E-state index < -0.39 is 26.8 Å². The van der Waals surface area contributed by atoms with E-state index in [2.05, 4.69) is 5.32 Å². The lowest BCUT2D eigenvalue weighted by Gasteiger charge is -2.09. The molecule has 1 heterocycles. The normalized spacial score (nSPS) is 11.2. The van der Waals surface area contributed by atoms with Crippen LogP contribution in [0.1, 0.15) is 21.9 Å². The molecule has 0 unspecified atom stereocenters. The number of hydrogen-bond acceptors (Lipinski definition) is 7. The molecule has 2 aromatic carbocycles. The highest BCUT2D eigenvalue weighted by atomic mass is 32.2. The van der Waals surface area contributed by atoms with Gasteiger partial charge in [0.2, 0.25) is 11.2 Å². The van der Waals surface area contributed by atoms with Gasteiger partial charge in [0.25, 0.3) is 5.91 Å². The zero-order chi connectivity index (χ0) is 22.6. The van der Waals surface area contributed by atoms with Crippen LogP contribution in [0.2, 0.25) is 0 Å². The van der Waals surface area contributed by atoms with Crippen molar-refractivity contribution in [3.63, 3.8) is 0 Å². The van der Waals surface area contributed by atoms with E-state index in [-0.39, 0.29) is 24.0 Å². The average molecular weight is 443 g/mol. The highest BCUT2D eigenvalue weighted by Crippen LogP contribution is 2.24. The Morgan fingerprint density at radius 3 is 2.19 bits per heavy atom. The van der Waals surface area contributed by atoms with Crippen molar-refractivity contribution in [1.82, 2.24) is 5.32 Å². The molecule has 1 amide bonds. The molecular weight excluding hydrogens is 422 g/mol. The lowest BCUT2D eigenvalue weighted by atomic mass is 10.0. The Hall–Kier alpha value is -3.59. The van der Waals surface area contributed by atoms with Gasteiger partial charge in [-0.15, -0.1) is 0 Å². The second kappa shape index (κ2) is 9.05. The topological polar surface area (TPSA) is 123 Å². The maximum atomic E-state index is 11.9. The summed E-state index contributed by atoms with van der Waals surface area (Å²) in [6.45, 7) is -0.251. The lowest BCUT2D eigenvalue weighted by molar-refractivity contribution is 0.0963. The summed E-state index contributed by atoms with van der Waals surface area (Å²) in [4.78, 5) is 23.5. The molecule has 0 atom stereocenters. The fourth-order valence-corrected chi connectivity index (χ4v) is 3.53. The first-order valence-electron chi connectivity index (χ1n) is 9.24. The molecule has 31 heavy (non-hydrogen) atoms. The first-order chi connectivity index (χ1) is 14.7. The molecule has 3 rings (SSSR count). The standard InChI is InChI=1S/C22H21NO7S/c1-23-22(26)16-5-3-14(4-6-16)15-7-9-17(10-8-15)29-12-20-21(25)19(24)11-18(30-20)13-31(2,27)28/h3-11,25H,12-13H2,1-2H3,(H,23,26). The number of nitrogens with one attached hydrogen (secondary N) is 1. The summed E-state index contributed by atoms with van der Waals surface area (Å²) >= 11 is 0. The molecule has 0 fully saturated rings. The number of aromatic hydroxyl groups is 1. The van der Waals surface area contributed by atoms with E-state index in [1.165, 1.54) is 0 Å². The number of rotatable bonds is 7. The van der Waals surface area contributed by atoms with Gasteiger partial charge in [-0.1, -0.05) is 24.3 Å². The van der Waals surface area contributed by atoms with Crippen LogP contribution in [-0.2, 0) is 22.2 Å².